The molecule has 0 aromatic heterocycles. The second kappa shape index (κ2) is 7.96. The van der Waals surface area contributed by atoms with E-state index in [4.69, 9.17) is 5.73 Å². The van der Waals surface area contributed by atoms with E-state index in [1.54, 1.807) is 0 Å². The van der Waals surface area contributed by atoms with Crippen LogP contribution >= 0.6 is 0 Å². The van der Waals surface area contributed by atoms with Crippen LogP contribution in [0.3, 0.4) is 0 Å². The molecule has 2 aromatic carbocycles. The van der Waals surface area contributed by atoms with Gasteiger partial charge < -0.3 is 10.6 Å². The number of benzene rings is 2. The zero-order chi connectivity index (χ0) is 15.1. The van der Waals surface area contributed by atoms with Crippen molar-refractivity contribution in [1.29, 1.82) is 0 Å². The van der Waals surface area contributed by atoms with Gasteiger partial charge in [-0.05, 0) is 44.5 Å². The van der Waals surface area contributed by atoms with Crippen molar-refractivity contribution in [2.75, 3.05) is 13.6 Å². The van der Waals surface area contributed by atoms with Crippen LogP contribution in [0.25, 0.3) is 0 Å². The van der Waals surface area contributed by atoms with Crippen molar-refractivity contribution >= 4 is 0 Å². The molecular weight excluding hydrogens is 256 g/mol. The van der Waals surface area contributed by atoms with Crippen LogP contribution in [0.4, 0.5) is 0 Å². The fourth-order valence-corrected chi connectivity index (χ4v) is 2.53. The van der Waals surface area contributed by atoms with Crippen LogP contribution in [0.1, 0.15) is 35.6 Å². The predicted octanol–water partition coefficient (Wildman–Crippen LogP) is 3.91. The van der Waals surface area contributed by atoms with Gasteiger partial charge in [-0.2, -0.15) is 0 Å². The first-order valence-electron chi connectivity index (χ1n) is 7.70. The van der Waals surface area contributed by atoms with Crippen LogP contribution < -0.4 is 5.73 Å². The summed E-state index contributed by atoms with van der Waals surface area (Å²) in [5, 5.41) is 0. The SMILES string of the molecule is Cc1ccc(CN(C)CCCC(N)c2ccccc2)cc1. The maximum Gasteiger partial charge on any atom is 0.0295 e. The molecule has 1 atom stereocenters. The van der Waals surface area contributed by atoms with E-state index in [0.717, 1.165) is 25.9 Å². The predicted molar refractivity (Wildman–Crippen MR) is 90.1 cm³/mol. The molecule has 2 N–H and O–H groups in total. The van der Waals surface area contributed by atoms with E-state index in [1.807, 2.05) is 6.07 Å². The van der Waals surface area contributed by atoms with Crippen molar-refractivity contribution in [1.82, 2.24) is 4.90 Å². The van der Waals surface area contributed by atoms with Crippen molar-refractivity contribution < 1.29 is 0 Å². The lowest BCUT2D eigenvalue weighted by Crippen LogP contribution is -2.20. The van der Waals surface area contributed by atoms with Crippen LogP contribution in [-0.2, 0) is 6.54 Å². The highest BCUT2D eigenvalue weighted by atomic mass is 15.1. The first kappa shape index (κ1) is 15.7. The third-order valence-electron chi connectivity index (χ3n) is 3.86. The largest absolute Gasteiger partial charge is 0.324 e. The zero-order valence-electron chi connectivity index (χ0n) is 13.1. The van der Waals surface area contributed by atoms with E-state index in [1.165, 1.54) is 16.7 Å². The van der Waals surface area contributed by atoms with Crippen molar-refractivity contribution in [3.8, 4) is 0 Å². The Balaban J connectivity index is 1.72. The summed E-state index contributed by atoms with van der Waals surface area (Å²) >= 11 is 0. The molecule has 2 aromatic rings. The van der Waals surface area contributed by atoms with Gasteiger partial charge in [0.25, 0.3) is 0 Å². The molecule has 2 rings (SSSR count). The summed E-state index contributed by atoms with van der Waals surface area (Å²) in [4.78, 5) is 2.36. The molecule has 112 valence electrons. The molecule has 0 amide bonds. The monoisotopic (exact) mass is 282 g/mol. The summed E-state index contributed by atoms with van der Waals surface area (Å²) in [5.74, 6) is 0. The molecule has 0 radical (unpaired) electrons. The molecule has 0 fully saturated rings. The molecule has 0 aliphatic carbocycles. The maximum absolute atomic E-state index is 6.23. The Labute approximate surface area is 128 Å². The van der Waals surface area contributed by atoms with Gasteiger partial charge in [0.05, 0.1) is 0 Å². The Bertz CT molecular complexity index is 519. The van der Waals surface area contributed by atoms with Crippen molar-refractivity contribution in [2.45, 2.75) is 32.4 Å². The third kappa shape index (κ3) is 5.33. The highest BCUT2D eigenvalue weighted by Gasteiger charge is 2.06. The van der Waals surface area contributed by atoms with Gasteiger partial charge in [-0.15, -0.1) is 0 Å². The van der Waals surface area contributed by atoms with E-state index in [9.17, 15) is 0 Å². The molecule has 0 heterocycles. The van der Waals surface area contributed by atoms with Crippen LogP contribution in [0, 0.1) is 6.92 Å². The molecule has 0 aliphatic heterocycles. The second-order valence-corrected chi connectivity index (χ2v) is 5.88. The number of nitrogens with zero attached hydrogens (tertiary/aromatic N) is 1. The summed E-state index contributed by atoms with van der Waals surface area (Å²) in [6.45, 7) is 4.20. The molecule has 0 bridgehead atoms. The first-order valence-corrected chi connectivity index (χ1v) is 7.70. The average Bonchev–Trinajstić information content (AvgIpc) is 2.50. The molecule has 0 aliphatic rings. The Morgan fingerprint density at radius 2 is 1.67 bits per heavy atom. The van der Waals surface area contributed by atoms with Gasteiger partial charge >= 0.3 is 0 Å². The summed E-state index contributed by atoms with van der Waals surface area (Å²) in [6.07, 6.45) is 2.15. The smallest absolute Gasteiger partial charge is 0.0295 e. The minimum absolute atomic E-state index is 0.152. The van der Waals surface area contributed by atoms with Crippen LogP contribution in [0.2, 0.25) is 0 Å². The lowest BCUT2D eigenvalue weighted by Gasteiger charge is -2.18. The van der Waals surface area contributed by atoms with Gasteiger partial charge in [0.2, 0.25) is 0 Å². The minimum atomic E-state index is 0.152. The van der Waals surface area contributed by atoms with Crippen molar-refractivity contribution in [2.24, 2.45) is 5.73 Å². The lowest BCUT2D eigenvalue weighted by molar-refractivity contribution is 0.314. The van der Waals surface area contributed by atoms with E-state index < -0.39 is 0 Å². The summed E-state index contributed by atoms with van der Waals surface area (Å²) in [6, 6.07) is 19.3. The Hall–Kier alpha value is -1.64. The first-order chi connectivity index (χ1) is 10.1. The van der Waals surface area contributed by atoms with E-state index in [-0.39, 0.29) is 6.04 Å². The molecule has 21 heavy (non-hydrogen) atoms. The third-order valence-corrected chi connectivity index (χ3v) is 3.86. The molecular formula is C19H26N2. The Morgan fingerprint density at radius 3 is 2.33 bits per heavy atom. The average molecular weight is 282 g/mol. The standard InChI is InChI=1S/C19H26N2/c1-16-10-12-17(13-11-16)15-21(2)14-6-9-19(20)18-7-4-3-5-8-18/h3-5,7-8,10-13,19H,6,9,14-15,20H2,1-2H3. The molecule has 0 saturated carbocycles. The number of hydrogen-bond donors (Lipinski definition) is 1. The zero-order valence-corrected chi connectivity index (χ0v) is 13.1. The minimum Gasteiger partial charge on any atom is -0.324 e. The molecule has 2 nitrogen and oxygen atoms in total. The van der Waals surface area contributed by atoms with Gasteiger partial charge in [-0.1, -0.05) is 60.2 Å². The summed E-state index contributed by atoms with van der Waals surface area (Å²) in [7, 11) is 2.17. The van der Waals surface area contributed by atoms with Gasteiger partial charge in [0.15, 0.2) is 0 Å². The lowest BCUT2D eigenvalue weighted by atomic mass is 10.0. The molecule has 1 unspecified atom stereocenters. The molecule has 0 spiro atoms. The second-order valence-electron chi connectivity index (χ2n) is 5.88. The van der Waals surface area contributed by atoms with Gasteiger partial charge in [-0.25, -0.2) is 0 Å². The van der Waals surface area contributed by atoms with Gasteiger partial charge in [0, 0.05) is 12.6 Å². The van der Waals surface area contributed by atoms with E-state index in [0.29, 0.717) is 0 Å². The number of aryl methyl sites for hydroxylation is 1. The van der Waals surface area contributed by atoms with Crippen LogP contribution in [0.15, 0.2) is 54.6 Å². The van der Waals surface area contributed by atoms with Gasteiger partial charge in [0.1, 0.15) is 0 Å². The van der Waals surface area contributed by atoms with E-state index >= 15 is 0 Å². The van der Waals surface area contributed by atoms with Crippen molar-refractivity contribution in [3.05, 3.63) is 71.3 Å². The normalized spacial score (nSPS) is 12.6. The van der Waals surface area contributed by atoms with Crippen molar-refractivity contribution in [3.63, 3.8) is 0 Å². The number of hydrogen-bond acceptors (Lipinski definition) is 2. The Morgan fingerprint density at radius 1 is 1.00 bits per heavy atom. The number of rotatable bonds is 7. The topological polar surface area (TPSA) is 29.3 Å². The summed E-state index contributed by atoms with van der Waals surface area (Å²) in [5.41, 5.74) is 10.2. The Kier molecular flexibility index (Phi) is 5.97. The van der Waals surface area contributed by atoms with E-state index in [2.05, 4.69) is 67.4 Å². The quantitative estimate of drug-likeness (QED) is 0.834. The fraction of sp³-hybridized carbons (Fsp3) is 0.368. The fourth-order valence-electron chi connectivity index (χ4n) is 2.53. The van der Waals surface area contributed by atoms with Crippen LogP contribution in [0.5, 0.6) is 0 Å². The molecule has 0 saturated heterocycles. The highest BCUT2D eigenvalue weighted by molar-refractivity contribution is 5.21. The highest BCUT2D eigenvalue weighted by Crippen LogP contribution is 2.15. The maximum atomic E-state index is 6.23. The number of nitrogens with two attached hydrogens (primary N) is 1. The van der Waals surface area contributed by atoms with Gasteiger partial charge in [-0.3, -0.25) is 0 Å². The summed E-state index contributed by atoms with van der Waals surface area (Å²) < 4.78 is 0. The molecule has 2 heteroatoms. The van der Waals surface area contributed by atoms with Crippen LogP contribution in [-0.4, -0.2) is 18.5 Å².